The van der Waals surface area contributed by atoms with Gasteiger partial charge in [0, 0.05) is 16.8 Å². The van der Waals surface area contributed by atoms with Crippen LogP contribution in [0.3, 0.4) is 0 Å². The largest absolute Gasteiger partial charge is 0.507 e. The monoisotopic (exact) mass is 461 g/mol. The second kappa shape index (κ2) is 9.39. The fourth-order valence-corrected chi connectivity index (χ4v) is 4.03. The predicted molar refractivity (Wildman–Crippen MR) is 126 cm³/mol. The zero-order chi connectivity index (χ0) is 24.4. The summed E-state index contributed by atoms with van der Waals surface area (Å²) in [4.78, 5) is 27.7. The molecule has 3 aromatic rings. The Kier molecular flexibility index (Phi) is 6.36. The Labute approximate surface area is 196 Å². The van der Waals surface area contributed by atoms with Crippen LogP contribution in [0.2, 0.25) is 0 Å². The number of anilines is 1. The molecular weight excluding hydrogens is 437 g/mol. The van der Waals surface area contributed by atoms with Crippen LogP contribution in [0.4, 0.5) is 10.1 Å². The first kappa shape index (κ1) is 23.0. The van der Waals surface area contributed by atoms with Crippen molar-refractivity contribution in [1.29, 1.82) is 0 Å². The third-order valence-electron chi connectivity index (χ3n) is 5.46. The van der Waals surface area contributed by atoms with Crippen molar-refractivity contribution in [2.24, 2.45) is 0 Å². The van der Waals surface area contributed by atoms with Gasteiger partial charge in [-0.1, -0.05) is 30.3 Å². The van der Waals surface area contributed by atoms with Crippen molar-refractivity contribution in [1.82, 2.24) is 0 Å². The van der Waals surface area contributed by atoms with E-state index in [1.54, 1.807) is 48.5 Å². The van der Waals surface area contributed by atoms with E-state index in [0.29, 0.717) is 28.3 Å². The topological polar surface area (TPSA) is 76.1 Å². The number of amides is 1. The van der Waals surface area contributed by atoms with Gasteiger partial charge in [-0.15, -0.1) is 0 Å². The summed E-state index contributed by atoms with van der Waals surface area (Å²) in [5, 5.41) is 11.3. The molecule has 0 radical (unpaired) electrons. The molecule has 1 heterocycles. The van der Waals surface area contributed by atoms with Crippen LogP contribution in [0.25, 0.3) is 5.76 Å². The van der Waals surface area contributed by atoms with Crippen LogP contribution in [0, 0.1) is 5.82 Å². The van der Waals surface area contributed by atoms with Crippen LogP contribution in [-0.4, -0.2) is 30.0 Å². The van der Waals surface area contributed by atoms with Gasteiger partial charge in [0.2, 0.25) is 0 Å². The summed E-state index contributed by atoms with van der Waals surface area (Å²) < 4.78 is 24.8. The molecule has 0 saturated carbocycles. The minimum absolute atomic E-state index is 0.0879. The summed E-state index contributed by atoms with van der Waals surface area (Å²) in [6.45, 7) is 3.75. The molecule has 7 heteroatoms. The van der Waals surface area contributed by atoms with Gasteiger partial charge in [-0.2, -0.15) is 0 Å². The van der Waals surface area contributed by atoms with Crippen molar-refractivity contribution in [3.05, 3.63) is 95.3 Å². The number of carbonyl (C=O) groups is 2. The molecule has 1 unspecified atom stereocenters. The zero-order valence-corrected chi connectivity index (χ0v) is 19.0. The Morgan fingerprint density at radius 3 is 2.38 bits per heavy atom. The predicted octanol–water partition coefficient (Wildman–Crippen LogP) is 5.25. The molecule has 0 bridgehead atoms. The first-order valence-corrected chi connectivity index (χ1v) is 10.8. The number of benzene rings is 3. The quantitative estimate of drug-likeness (QED) is 0.308. The standard InChI is InChI=1S/C27H24FNO5/c1-16(2)34-20-8-6-7-17(15-20)25(30)23-24(21-9-4-5-10-22(21)33-3)29(27(32)26(23)31)19-13-11-18(28)12-14-19/h4-16,24,30H,1-3H3/b25-23+. The van der Waals surface area contributed by atoms with Crippen LogP contribution in [0.15, 0.2) is 78.4 Å². The maximum atomic E-state index is 13.6. The van der Waals surface area contributed by atoms with Crippen LogP contribution >= 0.6 is 0 Å². The van der Waals surface area contributed by atoms with Gasteiger partial charge < -0.3 is 14.6 Å². The number of Topliss-reactive ketones (excluding diaryl/α,β-unsaturated/α-hetero) is 1. The summed E-state index contributed by atoms with van der Waals surface area (Å²) >= 11 is 0. The minimum atomic E-state index is -0.990. The Morgan fingerprint density at radius 2 is 1.71 bits per heavy atom. The van der Waals surface area contributed by atoms with Crippen molar-refractivity contribution >= 4 is 23.1 Å². The molecule has 1 fully saturated rings. The molecule has 1 N–H and O–H groups in total. The lowest BCUT2D eigenvalue weighted by atomic mass is 9.94. The van der Waals surface area contributed by atoms with Crippen LogP contribution in [-0.2, 0) is 9.59 Å². The van der Waals surface area contributed by atoms with E-state index in [0.717, 1.165) is 0 Å². The van der Waals surface area contributed by atoms with Gasteiger partial charge in [-0.05, 0) is 56.3 Å². The molecule has 3 aromatic carbocycles. The number of halogens is 1. The highest BCUT2D eigenvalue weighted by Crippen LogP contribution is 2.45. The summed E-state index contributed by atoms with van der Waals surface area (Å²) in [6, 6.07) is 17.9. The number of rotatable bonds is 6. The van der Waals surface area contributed by atoms with E-state index in [1.807, 2.05) is 13.8 Å². The van der Waals surface area contributed by atoms with Gasteiger partial charge in [0.25, 0.3) is 11.7 Å². The maximum Gasteiger partial charge on any atom is 0.300 e. The first-order chi connectivity index (χ1) is 16.3. The van der Waals surface area contributed by atoms with Gasteiger partial charge in [0.1, 0.15) is 23.1 Å². The fourth-order valence-electron chi connectivity index (χ4n) is 4.03. The number of methoxy groups -OCH3 is 1. The third-order valence-corrected chi connectivity index (χ3v) is 5.46. The number of carbonyl (C=O) groups excluding carboxylic acids is 2. The van der Waals surface area contributed by atoms with Crippen LogP contribution in [0.1, 0.15) is 31.0 Å². The second-order valence-corrected chi connectivity index (χ2v) is 8.08. The number of aliphatic hydroxyl groups is 1. The van der Waals surface area contributed by atoms with Crippen LogP contribution < -0.4 is 14.4 Å². The van der Waals surface area contributed by atoms with E-state index in [2.05, 4.69) is 0 Å². The number of hydrogen-bond donors (Lipinski definition) is 1. The summed E-state index contributed by atoms with van der Waals surface area (Å²) in [6.07, 6.45) is -0.0879. The second-order valence-electron chi connectivity index (χ2n) is 8.08. The molecule has 6 nitrogen and oxygen atoms in total. The van der Waals surface area contributed by atoms with E-state index < -0.39 is 23.5 Å². The Morgan fingerprint density at radius 1 is 1.00 bits per heavy atom. The molecule has 0 spiro atoms. The zero-order valence-electron chi connectivity index (χ0n) is 19.0. The summed E-state index contributed by atoms with van der Waals surface area (Å²) in [7, 11) is 1.48. The molecule has 1 aliphatic heterocycles. The van der Waals surface area contributed by atoms with Gasteiger partial charge >= 0.3 is 0 Å². The molecule has 1 aliphatic rings. The number of aliphatic hydroxyl groups excluding tert-OH is 1. The average molecular weight is 461 g/mol. The van der Waals surface area contributed by atoms with E-state index in [4.69, 9.17) is 9.47 Å². The molecular formula is C27H24FNO5. The van der Waals surface area contributed by atoms with Gasteiger partial charge in [-0.25, -0.2) is 4.39 Å². The Bertz CT molecular complexity index is 1270. The average Bonchev–Trinajstić information content (AvgIpc) is 3.09. The highest BCUT2D eigenvalue weighted by molar-refractivity contribution is 6.51. The van der Waals surface area contributed by atoms with Crippen molar-refractivity contribution in [2.75, 3.05) is 12.0 Å². The normalized spacial score (nSPS) is 17.3. The number of ether oxygens (including phenoxy) is 2. The molecule has 1 amide bonds. The van der Waals surface area contributed by atoms with Gasteiger partial charge in [-0.3, -0.25) is 14.5 Å². The molecule has 1 saturated heterocycles. The van der Waals surface area contributed by atoms with Gasteiger partial charge in [0.05, 0.1) is 24.8 Å². The van der Waals surface area contributed by atoms with Crippen molar-refractivity contribution in [3.63, 3.8) is 0 Å². The number of hydrogen-bond acceptors (Lipinski definition) is 5. The SMILES string of the molecule is COc1ccccc1C1/C(=C(\O)c2cccc(OC(C)C)c2)C(=O)C(=O)N1c1ccc(F)cc1. The van der Waals surface area contributed by atoms with E-state index in [-0.39, 0.29) is 17.4 Å². The van der Waals surface area contributed by atoms with E-state index >= 15 is 0 Å². The lowest BCUT2D eigenvalue weighted by molar-refractivity contribution is -0.132. The molecule has 1 atom stereocenters. The van der Waals surface area contributed by atoms with E-state index in [1.165, 1.54) is 36.3 Å². The summed E-state index contributed by atoms with van der Waals surface area (Å²) in [5.41, 5.74) is 1.05. The van der Waals surface area contributed by atoms with E-state index in [9.17, 15) is 19.1 Å². The minimum Gasteiger partial charge on any atom is -0.507 e. The lowest BCUT2D eigenvalue weighted by Crippen LogP contribution is -2.29. The highest BCUT2D eigenvalue weighted by atomic mass is 19.1. The lowest BCUT2D eigenvalue weighted by Gasteiger charge is -2.26. The Balaban J connectivity index is 1.94. The van der Waals surface area contributed by atoms with Crippen molar-refractivity contribution < 1.29 is 28.6 Å². The first-order valence-electron chi connectivity index (χ1n) is 10.8. The molecule has 34 heavy (non-hydrogen) atoms. The van der Waals surface area contributed by atoms with Crippen molar-refractivity contribution in [2.45, 2.75) is 26.0 Å². The molecule has 0 aromatic heterocycles. The highest BCUT2D eigenvalue weighted by Gasteiger charge is 2.47. The van der Waals surface area contributed by atoms with Crippen LogP contribution in [0.5, 0.6) is 11.5 Å². The molecule has 4 rings (SSSR count). The molecule has 174 valence electrons. The number of ketones is 1. The smallest absolute Gasteiger partial charge is 0.300 e. The third kappa shape index (κ3) is 4.24. The maximum absolute atomic E-state index is 13.6. The number of nitrogens with zero attached hydrogens (tertiary/aromatic N) is 1. The summed E-state index contributed by atoms with van der Waals surface area (Å²) in [5.74, 6) is -1.55. The molecule has 0 aliphatic carbocycles. The fraction of sp³-hybridized carbons (Fsp3) is 0.185. The van der Waals surface area contributed by atoms with Gasteiger partial charge in [0.15, 0.2) is 0 Å². The number of para-hydroxylation sites is 1. The van der Waals surface area contributed by atoms with Crippen molar-refractivity contribution in [3.8, 4) is 11.5 Å². The Hall–Kier alpha value is -4.13.